The van der Waals surface area contributed by atoms with Crippen LogP contribution < -0.4 is 10.6 Å². The standard InChI is InChI=1S/C10H17N3O5S/c1-6(2)3-7(4-18-13(16)17)11-9(14)8-5-19-10(15)12-8/h6-8H,3-5H2,1-2H3,(H,11,14)(H,12,15)/t7-,8-/m0/s1. The number of hydrogen-bond donors (Lipinski definition) is 2. The van der Waals surface area contributed by atoms with E-state index in [4.69, 9.17) is 0 Å². The lowest BCUT2D eigenvalue weighted by molar-refractivity contribution is -0.758. The summed E-state index contributed by atoms with van der Waals surface area (Å²) in [5.74, 6) is 0.291. The predicted molar refractivity (Wildman–Crippen MR) is 69.1 cm³/mol. The molecule has 2 atom stereocenters. The molecule has 0 spiro atoms. The van der Waals surface area contributed by atoms with Gasteiger partial charge in [0, 0.05) is 5.75 Å². The lowest BCUT2D eigenvalue weighted by Crippen LogP contribution is -2.48. The summed E-state index contributed by atoms with van der Waals surface area (Å²) in [6.45, 7) is 3.70. The van der Waals surface area contributed by atoms with E-state index in [2.05, 4.69) is 15.5 Å². The van der Waals surface area contributed by atoms with E-state index in [1.54, 1.807) is 0 Å². The SMILES string of the molecule is CC(C)C[C@@H](CO[N+](=O)[O-])NC(=O)[C@@H]1CSC(=O)N1. The average molecular weight is 291 g/mol. The maximum atomic E-state index is 11.9. The van der Waals surface area contributed by atoms with E-state index in [0.29, 0.717) is 12.2 Å². The van der Waals surface area contributed by atoms with Crippen molar-refractivity contribution in [3.63, 3.8) is 0 Å². The molecule has 8 nitrogen and oxygen atoms in total. The Morgan fingerprint density at radius 3 is 2.84 bits per heavy atom. The molecule has 1 saturated heterocycles. The first-order valence-electron chi connectivity index (χ1n) is 5.89. The minimum absolute atomic E-state index is 0.190. The van der Waals surface area contributed by atoms with Crippen LogP contribution in [-0.4, -0.2) is 40.7 Å². The van der Waals surface area contributed by atoms with Crippen LogP contribution in [0, 0.1) is 16.0 Å². The second-order valence-corrected chi connectivity index (χ2v) is 5.64. The molecule has 9 heteroatoms. The molecule has 1 heterocycles. The molecule has 108 valence electrons. The van der Waals surface area contributed by atoms with Gasteiger partial charge in [0.15, 0.2) is 0 Å². The van der Waals surface area contributed by atoms with Crippen LogP contribution in [0.15, 0.2) is 0 Å². The number of nitrogens with one attached hydrogen (secondary N) is 2. The van der Waals surface area contributed by atoms with Crippen molar-refractivity contribution in [3.8, 4) is 0 Å². The Balaban J connectivity index is 2.48. The van der Waals surface area contributed by atoms with E-state index < -0.39 is 17.2 Å². The number of amides is 2. The lowest BCUT2D eigenvalue weighted by Gasteiger charge is -2.21. The van der Waals surface area contributed by atoms with Gasteiger partial charge in [-0.1, -0.05) is 25.6 Å². The van der Waals surface area contributed by atoms with E-state index >= 15 is 0 Å². The van der Waals surface area contributed by atoms with Crippen LogP contribution in [0.5, 0.6) is 0 Å². The van der Waals surface area contributed by atoms with Gasteiger partial charge in [0.1, 0.15) is 12.6 Å². The maximum Gasteiger partial charge on any atom is 0.294 e. The zero-order valence-corrected chi connectivity index (χ0v) is 11.6. The Labute approximate surface area is 114 Å². The molecule has 0 aliphatic carbocycles. The van der Waals surface area contributed by atoms with Crippen LogP contribution in [-0.2, 0) is 9.63 Å². The summed E-state index contributed by atoms with van der Waals surface area (Å²) in [6, 6.07) is -1.02. The summed E-state index contributed by atoms with van der Waals surface area (Å²) in [5.41, 5.74) is 0. The van der Waals surface area contributed by atoms with Crippen molar-refractivity contribution in [3.05, 3.63) is 10.1 Å². The van der Waals surface area contributed by atoms with Crippen molar-refractivity contribution in [2.75, 3.05) is 12.4 Å². The van der Waals surface area contributed by atoms with Gasteiger partial charge in [-0.3, -0.25) is 9.59 Å². The molecular formula is C10H17N3O5S. The number of thioether (sulfide) groups is 1. The molecule has 0 radical (unpaired) electrons. The molecule has 0 aromatic heterocycles. The molecule has 2 N–H and O–H groups in total. The molecule has 0 bridgehead atoms. The molecule has 1 aliphatic heterocycles. The molecule has 1 aliphatic rings. The summed E-state index contributed by atoms with van der Waals surface area (Å²) in [4.78, 5) is 37.3. The third kappa shape index (κ3) is 5.77. The largest absolute Gasteiger partial charge is 0.350 e. The van der Waals surface area contributed by atoms with Crippen molar-refractivity contribution in [2.45, 2.75) is 32.4 Å². The van der Waals surface area contributed by atoms with Crippen LogP contribution in [0.25, 0.3) is 0 Å². The highest BCUT2D eigenvalue weighted by atomic mass is 32.2. The molecule has 0 aromatic rings. The second-order valence-electron chi connectivity index (χ2n) is 4.65. The first-order valence-corrected chi connectivity index (χ1v) is 6.88. The third-order valence-electron chi connectivity index (χ3n) is 2.47. The highest BCUT2D eigenvalue weighted by Gasteiger charge is 2.29. The fourth-order valence-corrected chi connectivity index (χ4v) is 2.49. The van der Waals surface area contributed by atoms with Crippen molar-refractivity contribution in [1.29, 1.82) is 0 Å². The molecule has 19 heavy (non-hydrogen) atoms. The van der Waals surface area contributed by atoms with Crippen LogP contribution in [0.1, 0.15) is 20.3 Å². The monoisotopic (exact) mass is 291 g/mol. The van der Waals surface area contributed by atoms with Gasteiger partial charge in [-0.25, -0.2) is 0 Å². The first kappa shape index (κ1) is 15.5. The minimum Gasteiger partial charge on any atom is -0.350 e. The summed E-state index contributed by atoms with van der Waals surface area (Å²) in [6.07, 6.45) is 0.563. The molecule has 1 rings (SSSR count). The molecule has 1 fully saturated rings. The first-order chi connectivity index (χ1) is 8.88. The molecule has 0 saturated carbocycles. The lowest BCUT2D eigenvalue weighted by atomic mass is 10.0. The quantitative estimate of drug-likeness (QED) is 0.523. The van der Waals surface area contributed by atoms with E-state index in [1.165, 1.54) is 0 Å². The van der Waals surface area contributed by atoms with Gasteiger partial charge >= 0.3 is 0 Å². The summed E-state index contributed by atoms with van der Waals surface area (Å²) < 4.78 is 0. The summed E-state index contributed by atoms with van der Waals surface area (Å²) in [5, 5.41) is 14.3. The van der Waals surface area contributed by atoms with Gasteiger partial charge in [0.25, 0.3) is 10.3 Å². The third-order valence-corrected chi connectivity index (χ3v) is 3.35. The van der Waals surface area contributed by atoms with Crippen molar-refractivity contribution < 1.29 is 19.5 Å². The Hall–Kier alpha value is -1.51. The Morgan fingerprint density at radius 2 is 2.37 bits per heavy atom. The molecule has 0 unspecified atom stereocenters. The fraction of sp³-hybridized carbons (Fsp3) is 0.800. The second kappa shape index (κ2) is 7.17. The Morgan fingerprint density at radius 1 is 1.68 bits per heavy atom. The van der Waals surface area contributed by atoms with E-state index in [-0.39, 0.29) is 23.7 Å². The zero-order valence-electron chi connectivity index (χ0n) is 10.8. The molecular weight excluding hydrogens is 274 g/mol. The van der Waals surface area contributed by atoms with Gasteiger partial charge in [-0.2, -0.15) is 0 Å². The summed E-state index contributed by atoms with van der Waals surface area (Å²) >= 11 is 1.04. The Kier molecular flexibility index (Phi) is 5.87. The van der Waals surface area contributed by atoms with Crippen molar-refractivity contribution in [1.82, 2.24) is 10.6 Å². The van der Waals surface area contributed by atoms with E-state index in [9.17, 15) is 19.7 Å². The normalized spacial score (nSPS) is 19.9. The van der Waals surface area contributed by atoms with Gasteiger partial charge in [0.2, 0.25) is 5.91 Å². The highest BCUT2D eigenvalue weighted by Crippen LogP contribution is 2.13. The van der Waals surface area contributed by atoms with Crippen LogP contribution in [0.3, 0.4) is 0 Å². The number of nitrogens with zero attached hydrogens (tertiary/aromatic N) is 1. The van der Waals surface area contributed by atoms with Crippen LogP contribution >= 0.6 is 11.8 Å². The number of rotatable bonds is 7. The average Bonchev–Trinajstić information content (AvgIpc) is 2.72. The fourth-order valence-electron chi connectivity index (χ4n) is 1.72. The number of hydrogen-bond acceptors (Lipinski definition) is 6. The van der Waals surface area contributed by atoms with E-state index in [1.807, 2.05) is 13.8 Å². The molecule has 2 amide bonds. The van der Waals surface area contributed by atoms with Crippen LogP contribution in [0.2, 0.25) is 0 Å². The van der Waals surface area contributed by atoms with Gasteiger partial charge in [-0.15, -0.1) is 10.1 Å². The Bertz CT molecular complexity index is 363. The van der Waals surface area contributed by atoms with Gasteiger partial charge in [0.05, 0.1) is 6.04 Å². The maximum absolute atomic E-state index is 11.9. The van der Waals surface area contributed by atoms with E-state index in [0.717, 1.165) is 11.8 Å². The topological polar surface area (TPSA) is 111 Å². The van der Waals surface area contributed by atoms with Gasteiger partial charge in [-0.05, 0) is 12.3 Å². The summed E-state index contributed by atoms with van der Waals surface area (Å²) in [7, 11) is 0. The number of carbonyl (C=O) groups is 2. The molecule has 0 aromatic carbocycles. The zero-order chi connectivity index (χ0) is 14.4. The highest BCUT2D eigenvalue weighted by molar-refractivity contribution is 8.14. The predicted octanol–water partition coefficient (Wildman–Crippen LogP) is 0.551. The van der Waals surface area contributed by atoms with Gasteiger partial charge < -0.3 is 15.5 Å². The van der Waals surface area contributed by atoms with Crippen molar-refractivity contribution >= 4 is 22.9 Å². The number of carbonyl (C=O) groups excluding carboxylic acids is 2. The smallest absolute Gasteiger partial charge is 0.294 e. The van der Waals surface area contributed by atoms with Crippen molar-refractivity contribution in [2.24, 2.45) is 5.92 Å². The van der Waals surface area contributed by atoms with Crippen LogP contribution in [0.4, 0.5) is 4.79 Å². The minimum atomic E-state index is -0.882.